The highest BCUT2D eigenvalue weighted by Gasteiger charge is 2.15. The lowest BCUT2D eigenvalue weighted by molar-refractivity contribution is 0.805. The van der Waals surface area contributed by atoms with Crippen LogP contribution in [-0.4, -0.2) is 24.5 Å². The van der Waals surface area contributed by atoms with Crippen molar-refractivity contribution in [2.45, 2.75) is 9.50 Å². The van der Waals surface area contributed by atoms with Crippen LogP contribution in [0.15, 0.2) is 34.0 Å². The average molecular weight is 349 g/mol. The molecule has 22 heavy (non-hydrogen) atoms. The third-order valence-corrected chi connectivity index (χ3v) is 5.81. The van der Waals surface area contributed by atoms with Crippen LogP contribution in [0.5, 0.6) is 0 Å². The lowest BCUT2D eigenvalue weighted by Crippen LogP contribution is -1.95. The van der Waals surface area contributed by atoms with Crippen molar-refractivity contribution in [3.8, 4) is 0 Å². The van der Waals surface area contributed by atoms with Gasteiger partial charge >= 0.3 is 0 Å². The van der Waals surface area contributed by atoms with Crippen LogP contribution in [-0.2, 0) is 7.05 Å². The van der Waals surface area contributed by atoms with Crippen molar-refractivity contribution in [2.24, 2.45) is 7.05 Å². The number of imidazole rings is 1. The number of hydrogen-bond donors (Lipinski definition) is 1. The van der Waals surface area contributed by atoms with E-state index in [-0.39, 0.29) is 0 Å². The zero-order valence-electron chi connectivity index (χ0n) is 11.3. The monoisotopic (exact) mass is 348 g/mol. The van der Waals surface area contributed by atoms with Gasteiger partial charge in [0.2, 0.25) is 0 Å². The molecule has 110 valence electrons. The number of nitrogens with zero attached hydrogens (tertiary/aromatic N) is 5. The van der Waals surface area contributed by atoms with Gasteiger partial charge in [0.1, 0.15) is 6.33 Å². The first-order valence-corrected chi connectivity index (χ1v) is 8.30. The fourth-order valence-corrected chi connectivity index (χ4v) is 4.39. The van der Waals surface area contributed by atoms with Gasteiger partial charge in [0.05, 0.1) is 15.2 Å². The number of thiazole rings is 1. The van der Waals surface area contributed by atoms with Crippen LogP contribution >= 0.6 is 34.7 Å². The number of fused-ring (bicyclic) bond motifs is 2. The Bertz CT molecular complexity index is 1010. The van der Waals surface area contributed by atoms with Gasteiger partial charge in [-0.25, -0.2) is 19.9 Å². The first-order chi connectivity index (χ1) is 10.6. The summed E-state index contributed by atoms with van der Waals surface area (Å²) in [6.07, 6.45) is 1.44. The lowest BCUT2D eigenvalue weighted by Gasteiger charge is -1.97. The minimum atomic E-state index is 0.375. The molecule has 2 N–H and O–H groups in total. The van der Waals surface area contributed by atoms with E-state index in [2.05, 4.69) is 19.9 Å². The van der Waals surface area contributed by atoms with Gasteiger partial charge < -0.3 is 10.3 Å². The van der Waals surface area contributed by atoms with E-state index in [0.29, 0.717) is 22.0 Å². The molecule has 9 heteroatoms. The second-order valence-corrected chi connectivity index (χ2v) is 7.18. The maximum atomic E-state index is 6.20. The summed E-state index contributed by atoms with van der Waals surface area (Å²) >= 11 is 9.20. The number of halogens is 1. The Hall–Kier alpha value is -1.90. The normalized spacial score (nSPS) is 11.5. The zero-order chi connectivity index (χ0) is 15.3. The van der Waals surface area contributed by atoms with Crippen molar-refractivity contribution in [2.75, 3.05) is 5.73 Å². The first kappa shape index (κ1) is 13.7. The second kappa shape index (κ2) is 5.08. The Morgan fingerprint density at radius 1 is 1.27 bits per heavy atom. The third-order valence-electron chi connectivity index (χ3n) is 3.17. The highest BCUT2D eigenvalue weighted by atomic mass is 35.5. The van der Waals surface area contributed by atoms with Gasteiger partial charge in [0.15, 0.2) is 26.5 Å². The predicted octanol–water partition coefficient (Wildman–Crippen LogP) is 3.36. The largest absolute Gasteiger partial charge is 0.382 e. The van der Waals surface area contributed by atoms with E-state index in [0.717, 1.165) is 19.7 Å². The molecule has 0 spiro atoms. The summed E-state index contributed by atoms with van der Waals surface area (Å²) in [5, 5.41) is 1.47. The maximum Gasteiger partial charge on any atom is 0.177 e. The molecule has 4 aromatic rings. The molecule has 0 fully saturated rings. The van der Waals surface area contributed by atoms with Gasteiger partial charge in [0.25, 0.3) is 0 Å². The Kier molecular flexibility index (Phi) is 3.17. The van der Waals surface area contributed by atoms with Gasteiger partial charge in [-0.2, -0.15) is 0 Å². The van der Waals surface area contributed by atoms with Crippen LogP contribution in [0, 0.1) is 0 Å². The molecule has 0 amide bonds. The van der Waals surface area contributed by atoms with Crippen molar-refractivity contribution in [1.82, 2.24) is 24.5 Å². The van der Waals surface area contributed by atoms with Gasteiger partial charge in [-0.1, -0.05) is 17.7 Å². The number of hydrogen-bond acceptors (Lipinski definition) is 7. The topological polar surface area (TPSA) is 82.5 Å². The zero-order valence-corrected chi connectivity index (χ0v) is 13.7. The SMILES string of the molecule is Cn1c(Sc2nc3cccc(Cl)c3s2)nc2c(N)ncnc21. The van der Waals surface area contributed by atoms with E-state index in [9.17, 15) is 0 Å². The summed E-state index contributed by atoms with van der Waals surface area (Å²) < 4.78 is 3.73. The number of aryl methyl sites for hydroxylation is 1. The van der Waals surface area contributed by atoms with Crippen molar-refractivity contribution in [3.63, 3.8) is 0 Å². The summed E-state index contributed by atoms with van der Waals surface area (Å²) in [6.45, 7) is 0. The van der Waals surface area contributed by atoms with Gasteiger partial charge in [-0.3, -0.25) is 0 Å². The second-order valence-electron chi connectivity index (χ2n) is 4.55. The first-order valence-electron chi connectivity index (χ1n) is 6.29. The number of benzene rings is 1. The smallest absolute Gasteiger partial charge is 0.177 e. The molecule has 0 aliphatic carbocycles. The number of aromatic nitrogens is 5. The van der Waals surface area contributed by atoms with Crippen molar-refractivity contribution in [3.05, 3.63) is 29.5 Å². The molecule has 0 aliphatic rings. The molecule has 3 heterocycles. The number of nitrogens with two attached hydrogens (primary N) is 1. The Balaban J connectivity index is 1.80. The van der Waals surface area contributed by atoms with Crippen LogP contribution in [0.4, 0.5) is 5.82 Å². The summed E-state index contributed by atoms with van der Waals surface area (Å²) in [5.41, 5.74) is 8.04. The number of rotatable bonds is 2. The van der Waals surface area contributed by atoms with E-state index < -0.39 is 0 Å². The Morgan fingerprint density at radius 3 is 2.91 bits per heavy atom. The van der Waals surface area contributed by atoms with Crippen LogP contribution in [0.1, 0.15) is 0 Å². The molecule has 3 aromatic heterocycles. The summed E-state index contributed by atoms with van der Waals surface area (Å²) in [4.78, 5) is 17.3. The quantitative estimate of drug-likeness (QED) is 0.598. The van der Waals surface area contributed by atoms with Crippen LogP contribution in [0.25, 0.3) is 21.4 Å². The van der Waals surface area contributed by atoms with Crippen LogP contribution in [0.3, 0.4) is 0 Å². The van der Waals surface area contributed by atoms with Gasteiger partial charge in [-0.05, 0) is 23.9 Å². The summed E-state index contributed by atoms with van der Waals surface area (Å²) in [5.74, 6) is 0.375. The summed E-state index contributed by atoms with van der Waals surface area (Å²) in [6, 6.07) is 5.70. The molecule has 0 saturated carbocycles. The minimum absolute atomic E-state index is 0.375. The Labute approximate surface area is 138 Å². The van der Waals surface area contributed by atoms with Crippen LogP contribution in [0.2, 0.25) is 5.02 Å². The Morgan fingerprint density at radius 2 is 2.14 bits per heavy atom. The third kappa shape index (κ3) is 2.11. The van der Waals surface area contributed by atoms with Crippen molar-refractivity contribution < 1.29 is 0 Å². The van der Waals surface area contributed by atoms with E-state index in [1.807, 2.05) is 29.8 Å². The average Bonchev–Trinajstić information content (AvgIpc) is 3.04. The molecular formula is C13H9ClN6S2. The fourth-order valence-electron chi connectivity index (χ4n) is 2.10. The van der Waals surface area contributed by atoms with E-state index in [1.165, 1.54) is 18.1 Å². The molecule has 1 aromatic carbocycles. The fraction of sp³-hybridized carbons (Fsp3) is 0.0769. The predicted molar refractivity (Wildman–Crippen MR) is 89.5 cm³/mol. The molecule has 0 saturated heterocycles. The molecule has 0 unspecified atom stereocenters. The molecule has 0 radical (unpaired) electrons. The summed E-state index contributed by atoms with van der Waals surface area (Å²) in [7, 11) is 1.89. The standard InChI is InChI=1S/C13H9ClN6S2/c1-20-11-8(10(15)16-5-17-11)19-12(20)22-13-18-7-4-2-3-6(14)9(7)21-13/h2-5H,1H3,(H2,15,16,17). The highest BCUT2D eigenvalue weighted by molar-refractivity contribution is 8.01. The van der Waals surface area contributed by atoms with E-state index in [4.69, 9.17) is 17.3 Å². The van der Waals surface area contributed by atoms with E-state index in [1.54, 1.807) is 11.3 Å². The van der Waals surface area contributed by atoms with Crippen molar-refractivity contribution in [1.29, 1.82) is 0 Å². The molecule has 0 bridgehead atoms. The minimum Gasteiger partial charge on any atom is -0.382 e. The highest BCUT2D eigenvalue weighted by Crippen LogP contribution is 2.37. The van der Waals surface area contributed by atoms with E-state index >= 15 is 0 Å². The lowest BCUT2D eigenvalue weighted by atomic mass is 10.3. The molecular weight excluding hydrogens is 340 g/mol. The maximum absolute atomic E-state index is 6.20. The number of nitrogen functional groups attached to an aromatic ring is 1. The van der Waals surface area contributed by atoms with Crippen molar-refractivity contribution >= 4 is 61.9 Å². The molecule has 4 rings (SSSR count). The molecule has 6 nitrogen and oxygen atoms in total. The molecule has 0 atom stereocenters. The number of anilines is 1. The van der Waals surface area contributed by atoms with Gasteiger partial charge in [0, 0.05) is 7.05 Å². The van der Waals surface area contributed by atoms with Gasteiger partial charge in [-0.15, -0.1) is 11.3 Å². The molecule has 0 aliphatic heterocycles. The van der Waals surface area contributed by atoms with Crippen LogP contribution < -0.4 is 5.73 Å².